The van der Waals surface area contributed by atoms with E-state index >= 15 is 0 Å². The molecule has 0 aliphatic rings. The van der Waals surface area contributed by atoms with Crippen molar-refractivity contribution in [3.8, 4) is 22.4 Å². The van der Waals surface area contributed by atoms with Crippen molar-refractivity contribution in [1.29, 1.82) is 0 Å². The Morgan fingerprint density at radius 3 is 2.65 bits per heavy atom. The lowest BCUT2D eigenvalue weighted by Gasteiger charge is -2.05. The largest absolute Gasteiger partial charge is 0.367 e. The number of nitrogen functional groups attached to an aromatic ring is 1. The molecule has 3 nitrogen and oxygen atoms in total. The summed E-state index contributed by atoms with van der Waals surface area (Å²) in [6.45, 7) is 0. The predicted octanol–water partition coefficient (Wildman–Crippen LogP) is 4.49. The number of hydrogen-bond acceptors (Lipinski definition) is 3. The fourth-order valence-corrected chi connectivity index (χ4v) is 2.54. The quantitative estimate of drug-likeness (QED) is 0.752. The summed E-state index contributed by atoms with van der Waals surface area (Å²) in [6, 6.07) is 13.8. The third-order valence-electron chi connectivity index (χ3n) is 2.96. The molecule has 0 amide bonds. The fraction of sp³-hybridized carbons (Fsp3) is 0. The van der Waals surface area contributed by atoms with Crippen LogP contribution in [0.4, 0.5) is 10.3 Å². The van der Waals surface area contributed by atoms with E-state index in [-0.39, 0.29) is 11.7 Å². The molecular weight excluding hydrogens is 323 g/mol. The van der Waals surface area contributed by atoms with Gasteiger partial charge < -0.3 is 10.3 Å². The molecule has 0 spiro atoms. The summed E-state index contributed by atoms with van der Waals surface area (Å²) in [7, 11) is 0. The Morgan fingerprint density at radius 2 is 1.90 bits per heavy atom. The van der Waals surface area contributed by atoms with Crippen LogP contribution in [0.15, 0.2) is 57.5 Å². The number of halogens is 2. The second kappa shape index (κ2) is 5.09. The van der Waals surface area contributed by atoms with E-state index < -0.39 is 0 Å². The van der Waals surface area contributed by atoms with Crippen molar-refractivity contribution in [2.45, 2.75) is 0 Å². The first kappa shape index (κ1) is 12.9. The lowest BCUT2D eigenvalue weighted by molar-refractivity contribution is 0.439. The molecule has 0 saturated carbocycles. The summed E-state index contributed by atoms with van der Waals surface area (Å²) >= 11 is 3.47. The number of rotatable bonds is 2. The van der Waals surface area contributed by atoms with Crippen molar-refractivity contribution < 1.29 is 8.91 Å². The third kappa shape index (κ3) is 2.20. The highest BCUT2D eigenvalue weighted by Crippen LogP contribution is 2.39. The van der Waals surface area contributed by atoms with E-state index in [4.69, 9.17) is 10.3 Å². The molecule has 0 aliphatic carbocycles. The molecule has 0 saturated heterocycles. The van der Waals surface area contributed by atoms with Crippen LogP contribution in [0.3, 0.4) is 0 Å². The Balaban J connectivity index is 2.23. The number of aromatic nitrogens is 1. The third-order valence-corrected chi connectivity index (χ3v) is 3.65. The molecule has 3 aromatic rings. The van der Waals surface area contributed by atoms with Crippen molar-refractivity contribution in [3.63, 3.8) is 0 Å². The maximum Gasteiger partial charge on any atom is 0.230 e. The minimum atomic E-state index is -0.331. The van der Waals surface area contributed by atoms with E-state index in [9.17, 15) is 4.39 Å². The summed E-state index contributed by atoms with van der Waals surface area (Å²) in [4.78, 5) is 0. The van der Waals surface area contributed by atoms with E-state index in [0.717, 1.165) is 10.0 Å². The minimum absolute atomic E-state index is 0.205. The molecular formula is C15H10BrFN2O. The van der Waals surface area contributed by atoms with Gasteiger partial charge in [-0.1, -0.05) is 51.4 Å². The minimum Gasteiger partial charge on any atom is -0.367 e. The average molecular weight is 333 g/mol. The van der Waals surface area contributed by atoms with Gasteiger partial charge in [0.15, 0.2) is 0 Å². The first-order valence-electron chi connectivity index (χ1n) is 5.93. The second-order valence-corrected chi connectivity index (χ2v) is 5.11. The molecule has 0 bridgehead atoms. The Labute approximate surface area is 123 Å². The molecule has 1 heterocycles. The van der Waals surface area contributed by atoms with E-state index in [2.05, 4.69) is 21.1 Å². The van der Waals surface area contributed by atoms with Crippen LogP contribution in [0, 0.1) is 5.82 Å². The molecule has 0 aliphatic heterocycles. The van der Waals surface area contributed by atoms with Crippen LogP contribution < -0.4 is 5.73 Å². The van der Waals surface area contributed by atoms with Crippen LogP contribution in [0.1, 0.15) is 0 Å². The molecule has 3 rings (SSSR count). The van der Waals surface area contributed by atoms with Crippen LogP contribution in [-0.4, -0.2) is 5.16 Å². The van der Waals surface area contributed by atoms with E-state index in [1.165, 1.54) is 12.1 Å². The first-order chi connectivity index (χ1) is 9.66. The van der Waals surface area contributed by atoms with Gasteiger partial charge in [0.05, 0.1) is 5.56 Å². The SMILES string of the molecule is Nc1onc(-c2cccc(F)c2)c1-c1ccccc1Br. The molecule has 1 aromatic heterocycles. The number of hydrogen-bond donors (Lipinski definition) is 1. The van der Waals surface area contributed by atoms with Crippen molar-refractivity contribution in [2.75, 3.05) is 5.73 Å². The van der Waals surface area contributed by atoms with Gasteiger partial charge in [0.1, 0.15) is 11.5 Å². The van der Waals surface area contributed by atoms with Crippen LogP contribution >= 0.6 is 15.9 Å². The molecule has 2 aromatic carbocycles. The number of anilines is 1. The van der Waals surface area contributed by atoms with Crippen molar-refractivity contribution >= 4 is 21.8 Å². The van der Waals surface area contributed by atoms with Gasteiger partial charge >= 0.3 is 0 Å². The standard InChI is InChI=1S/C15H10BrFN2O/c16-12-7-2-1-6-11(12)13-14(19-20-15(13)18)9-4-3-5-10(17)8-9/h1-8H,18H2. The monoisotopic (exact) mass is 332 g/mol. The van der Waals surface area contributed by atoms with E-state index in [1.54, 1.807) is 12.1 Å². The highest BCUT2D eigenvalue weighted by Gasteiger charge is 2.19. The lowest BCUT2D eigenvalue weighted by atomic mass is 10.0. The highest BCUT2D eigenvalue weighted by molar-refractivity contribution is 9.10. The Kier molecular flexibility index (Phi) is 3.28. The van der Waals surface area contributed by atoms with Crippen molar-refractivity contribution in [3.05, 3.63) is 58.8 Å². The van der Waals surface area contributed by atoms with Crippen LogP contribution in [0.5, 0.6) is 0 Å². The fourth-order valence-electron chi connectivity index (χ4n) is 2.06. The number of benzene rings is 2. The van der Waals surface area contributed by atoms with Crippen molar-refractivity contribution in [2.24, 2.45) is 0 Å². The summed E-state index contributed by atoms with van der Waals surface area (Å²) in [6.07, 6.45) is 0. The normalized spacial score (nSPS) is 10.7. The lowest BCUT2D eigenvalue weighted by Crippen LogP contribution is -1.89. The zero-order valence-electron chi connectivity index (χ0n) is 10.3. The van der Waals surface area contributed by atoms with E-state index in [1.807, 2.05) is 24.3 Å². The predicted molar refractivity (Wildman–Crippen MR) is 79.4 cm³/mol. The molecule has 0 unspecified atom stereocenters. The number of nitrogens with zero attached hydrogens (tertiary/aromatic N) is 1. The van der Waals surface area contributed by atoms with E-state index in [0.29, 0.717) is 16.8 Å². The van der Waals surface area contributed by atoms with Crippen LogP contribution in [0.25, 0.3) is 22.4 Å². The maximum absolute atomic E-state index is 13.4. The zero-order valence-corrected chi connectivity index (χ0v) is 11.9. The van der Waals surface area contributed by atoms with Gasteiger partial charge in [-0.2, -0.15) is 0 Å². The molecule has 0 radical (unpaired) electrons. The van der Waals surface area contributed by atoms with Gasteiger partial charge in [-0.25, -0.2) is 4.39 Å². The van der Waals surface area contributed by atoms with Gasteiger partial charge in [0.2, 0.25) is 5.88 Å². The highest BCUT2D eigenvalue weighted by atomic mass is 79.9. The Hall–Kier alpha value is -2.14. The molecule has 20 heavy (non-hydrogen) atoms. The van der Waals surface area contributed by atoms with Crippen LogP contribution in [-0.2, 0) is 0 Å². The topological polar surface area (TPSA) is 52.0 Å². The smallest absolute Gasteiger partial charge is 0.230 e. The first-order valence-corrected chi connectivity index (χ1v) is 6.72. The summed E-state index contributed by atoms with van der Waals surface area (Å²) in [5.74, 6) is -0.127. The van der Waals surface area contributed by atoms with Crippen LogP contribution in [0.2, 0.25) is 0 Å². The zero-order chi connectivity index (χ0) is 14.1. The Bertz CT molecular complexity index is 770. The molecule has 2 N–H and O–H groups in total. The summed E-state index contributed by atoms with van der Waals surface area (Å²) < 4.78 is 19.3. The summed E-state index contributed by atoms with van der Waals surface area (Å²) in [5, 5.41) is 3.96. The van der Waals surface area contributed by atoms with Gasteiger partial charge in [-0.05, 0) is 18.2 Å². The molecule has 0 fully saturated rings. The van der Waals surface area contributed by atoms with Gasteiger partial charge in [0.25, 0.3) is 0 Å². The average Bonchev–Trinajstić information content (AvgIpc) is 2.81. The molecule has 100 valence electrons. The number of nitrogens with two attached hydrogens (primary N) is 1. The Morgan fingerprint density at radius 1 is 1.10 bits per heavy atom. The van der Waals surface area contributed by atoms with Gasteiger partial charge in [-0.15, -0.1) is 0 Å². The molecule has 0 atom stereocenters. The van der Waals surface area contributed by atoms with Gasteiger partial charge in [-0.3, -0.25) is 0 Å². The van der Waals surface area contributed by atoms with Crippen molar-refractivity contribution in [1.82, 2.24) is 5.16 Å². The van der Waals surface area contributed by atoms with Gasteiger partial charge in [0, 0.05) is 15.6 Å². The maximum atomic E-state index is 13.4. The molecule has 5 heteroatoms. The second-order valence-electron chi connectivity index (χ2n) is 4.26. The summed E-state index contributed by atoms with van der Waals surface area (Å²) in [5.41, 5.74) is 8.53.